The first kappa shape index (κ1) is 15.6. The summed E-state index contributed by atoms with van der Waals surface area (Å²) in [6.45, 7) is 7.40. The van der Waals surface area contributed by atoms with Crippen LogP contribution in [0, 0.1) is 0 Å². The van der Waals surface area contributed by atoms with Crippen molar-refractivity contribution in [1.82, 2.24) is 4.90 Å². The Morgan fingerprint density at radius 3 is 2.84 bits per heavy atom. The van der Waals surface area contributed by atoms with Gasteiger partial charge in [0, 0.05) is 40.6 Å². The summed E-state index contributed by atoms with van der Waals surface area (Å²) in [7, 11) is 0. The van der Waals surface area contributed by atoms with E-state index >= 15 is 0 Å². The van der Waals surface area contributed by atoms with Crippen LogP contribution in [0.25, 0.3) is 0 Å². The summed E-state index contributed by atoms with van der Waals surface area (Å²) in [6.07, 6.45) is 0. The Balaban J connectivity index is 2.21. The smallest absolute Gasteiger partial charge is 0.0548 e. The van der Waals surface area contributed by atoms with E-state index in [1.165, 1.54) is 5.56 Å². The van der Waals surface area contributed by atoms with Crippen molar-refractivity contribution in [1.29, 1.82) is 0 Å². The molecule has 2 rings (SSSR count). The first-order valence-electron chi connectivity index (χ1n) is 6.46. The lowest BCUT2D eigenvalue weighted by atomic mass is 10.0. The number of hydrogen-bond donors (Lipinski definition) is 1. The number of halogens is 2. The van der Waals surface area contributed by atoms with E-state index in [9.17, 15) is 0 Å². The van der Waals surface area contributed by atoms with Gasteiger partial charge in [-0.1, -0.05) is 17.7 Å². The molecule has 1 aliphatic rings. The molecule has 0 aromatic heterocycles. The van der Waals surface area contributed by atoms with Gasteiger partial charge in [-0.05, 0) is 47.5 Å². The minimum absolute atomic E-state index is 0.272. The van der Waals surface area contributed by atoms with Gasteiger partial charge in [0.1, 0.15) is 0 Å². The molecule has 1 aliphatic heterocycles. The molecule has 0 spiro atoms. The van der Waals surface area contributed by atoms with Crippen molar-refractivity contribution in [2.45, 2.75) is 24.6 Å². The molecule has 1 heterocycles. The van der Waals surface area contributed by atoms with Gasteiger partial charge in [0.2, 0.25) is 0 Å². The molecule has 1 unspecified atom stereocenters. The average molecular weight is 364 g/mol. The fourth-order valence-electron chi connectivity index (χ4n) is 2.53. The minimum Gasteiger partial charge on any atom is -0.329 e. The zero-order chi connectivity index (χ0) is 14.0. The maximum atomic E-state index is 6.06. The molecule has 1 saturated heterocycles. The third-order valence-electron chi connectivity index (χ3n) is 3.45. The zero-order valence-corrected chi connectivity index (χ0v) is 14.5. The van der Waals surface area contributed by atoms with E-state index in [-0.39, 0.29) is 6.04 Å². The van der Waals surface area contributed by atoms with Gasteiger partial charge in [0.05, 0.1) is 5.02 Å². The summed E-state index contributed by atoms with van der Waals surface area (Å²) >= 11 is 11.6. The lowest BCUT2D eigenvalue weighted by Crippen LogP contribution is -2.46. The van der Waals surface area contributed by atoms with Gasteiger partial charge in [-0.25, -0.2) is 0 Å². The van der Waals surface area contributed by atoms with Gasteiger partial charge in [0.15, 0.2) is 0 Å². The Hall–Kier alpha value is 0.260. The van der Waals surface area contributed by atoms with Crippen molar-refractivity contribution in [3.8, 4) is 0 Å². The van der Waals surface area contributed by atoms with Gasteiger partial charge in [-0.15, -0.1) is 0 Å². The second-order valence-corrected chi connectivity index (χ2v) is 8.57. The number of nitrogens with two attached hydrogens (primary N) is 1. The van der Waals surface area contributed by atoms with E-state index in [0.717, 1.165) is 28.3 Å². The largest absolute Gasteiger partial charge is 0.329 e. The molecule has 2 N–H and O–H groups in total. The standard InChI is InChI=1S/C14H20BrClN2S/c1-14(2)9-18(5-6-19-14)13(8-17)10-3-4-12(16)11(15)7-10/h3-4,7,13H,5-6,8-9,17H2,1-2H3. The second-order valence-electron chi connectivity index (χ2n) is 5.50. The minimum atomic E-state index is 0.272. The molecule has 2 nitrogen and oxygen atoms in total. The van der Waals surface area contributed by atoms with Gasteiger partial charge in [-0.2, -0.15) is 11.8 Å². The maximum absolute atomic E-state index is 6.06. The Bertz CT molecular complexity index is 453. The molecule has 0 aliphatic carbocycles. The van der Waals surface area contributed by atoms with Crippen LogP contribution in [0.4, 0.5) is 0 Å². The highest BCUT2D eigenvalue weighted by atomic mass is 79.9. The van der Waals surface area contributed by atoms with E-state index < -0.39 is 0 Å². The predicted molar refractivity (Wildman–Crippen MR) is 89.1 cm³/mol. The molecule has 1 fully saturated rings. The van der Waals surface area contributed by atoms with Crippen LogP contribution in [-0.4, -0.2) is 35.0 Å². The fraction of sp³-hybridized carbons (Fsp3) is 0.571. The van der Waals surface area contributed by atoms with Crippen molar-refractivity contribution in [3.63, 3.8) is 0 Å². The molecule has 0 amide bonds. The molecule has 0 radical (unpaired) electrons. The Morgan fingerprint density at radius 2 is 2.26 bits per heavy atom. The van der Waals surface area contributed by atoms with Crippen LogP contribution < -0.4 is 5.73 Å². The predicted octanol–water partition coefficient (Wildman–Crippen LogP) is 3.93. The molecule has 5 heteroatoms. The molecular formula is C14H20BrClN2S. The zero-order valence-electron chi connectivity index (χ0n) is 11.3. The molecule has 106 valence electrons. The summed E-state index contributed by atoms with van der Waals surface area (Å²) < 4.78 is 1.24. The number of thioether (sulfide) groups is 1. The molecule has 0 saturated carbocycles. The lowest BCUT2D eigenvalue weighted by Gasteiger charge is -2.41. The quantitative estimate of drug-likeness (QED) is 0.882. The SMILES string of the molecule is CC1(C)CN(C(CN)c2ccc(Cl)c(Br)c2)CCS1. The van der Waals surface area contributed by atoms with Crippen LogP contribution in [0.5, 0.6) is 0 Å². The van der Waals surface area contributed by atoms with E-state index in [2.05, 4.69) is 46.8 Å². The molecule has 0 bridgehead atoms. The summed E-state index contributed by atoms with van der Waals surface area (Å²) in [5.74, 6) is 1.16. The van der Waals surface area contributed by atoms with Crippen LogP contribution in [0.15, 0.2) is 22.7 Å². The third-order valence-corrected chi connectivity index (χ3v) is 5.96. The lowest BCUT2D eigenvalue weighted by molar-refractivity contribution is 0.192. The second kappa shape index (κ2) is 6.35. The van der Waals surface area contributed by atoms with Crippen LogP contribution in [0.2, 0.25) is 5.02 Å². The number of rotatable bonds is 3. The highest BCUT2D eigenvalue weighted by Crippen LogP contribution is 2.35. The Morgan fingerprint density at radius 1 is 1.53 bits per heavy atom. The number of hydrogen-bond acceptors (Lipinski definition) is 3. The third kappa shape index (κ3) is 3.88. The first-order valence-corrected chi connectivity index (χ1v) is 8.61. The summed E-state index contributed by atoms with van der Waals surface area (Å²) in [4.78, 5) is 2.49. The van der Waals surface area contributed by atoms with Crippen LogP contribution in [0.1, 0.15) is 25.5 Å². The molecular weight excluding hydrogens is 344 g/mol. The number of benzene rings is 1. The normalized spacial score (nSPS) is 21.3. The molecule has 1 aromatic rings. The van der Waals surface area contributed by atoms with Crippen molar-refractivity contribution >= 4 is 39.3 Å². The van der Waals surface area contributed by atoms with Crippen LogP contribution >= 0.6 is 39.3 Å². The average Bonchev–Trinajstić information content (AvgIpc) is 2.33. The van der Waals surface area contributed by atoms with Crippen molar-refractivity contribution in [2.75, 3.05) is 25.4 Å². The molecule has 19 heavy (non-hydrogen) atoms. The van der Waals surface area contributed by atoms with Crippen molar-refractivity contribution < 1.29 is 0 Å². The highest BCUT2D eigenvalue weighted by Gasteiger charge is 2.31. The van der Waals surface area contributed by atoms with Gasteiger partial charge in [0.25, 0.3) is 0 Å². The summed E-state index contributed by atoms with van der Waals surface area (Å²) in [5.41, 5.74) is 7.25. The molecule has 1 aromatic carbocycles. The maximum Gasteiger partial charge on any atom is 0.0548 e. The van der Waals surface area contributed by atoms with Crippen LogP contribution in [0.3, 0.4) is 0 Å². The topological polar surface area (TPSA) is 29.3 Å². The first-order chi connectivity index (χ1) is 8.93. The van der Waals surface area contributed by atoms with E-state index in [0.29, 0.717) is 11.3 Å². The van der Waals surface area contributed by atoms with E-state index in [1.807, 2.05) is 17.8 Å². The fourth-order valence-corrected chi connectivity index (χ4v) is 4.18. The number of nitrogens with zero attached hydrogens (tertiary/aromatic N) is 1. The van der Waals surface area contributed by atoms with Crippen molar-refractivity contribution in [3.05, 3.63) is 33.3 Å². The molecule has 1 atom stereocenters. The van der Waals surface area contributed by atoms with Gasteiger partial charge >= 0.3 is 0 Å². The Labute approximate surface area is 133 Å². The van der Waals surface area contributed by atoms with E-state index in [1.54, 1.807) is 0 Å². The van der Waals surface area contributed by atoms with Gasteiger partial charge in [-0.3, -0.25) is 4.90 Å². The highest BCUT2D eigenvalue weighted by molar-refractivity contribution is 9.10. The summed E-state index contributed by atoms with van der Waals surface area (Å²) in [6, 6.07) is 6.38. The summed E-state index contributed by atoms with van der Waals surface area (Å²) in [5, 5.41) is 0.744. The van der Waals surface area contributed by atoms with Crippen molar-refractivity contribution in [2.24, 2.45) is 5.73 Å². The monoisotopic (exact) mass is 362 g/mol. The Kier molecular flexibility index (Phi) is 5.23. The van der Waals surface area contributed by atoms with E-state index in [4.69, 9.17) is 17.3 Å². The van der Waals surface area contributed by atoms with Gasteiger partial charge < -0.3 is 5.73 Å². The van der Waals surface area contributed by atoms with Crippen LogP contribution in [-0.2, 0) is 0 Å².